The van der Waals surface area contributed by atoms with E-state index in [9.17, 15) is 0 Å². The normalized spacial score (nSPS) is 19.2. The number of para-hydroxylation sites is 2. The van der Waals surface area contributed by atoms with Crippen molar-refractivity contribution in [3.05, 3.63) is 210 Å². The monoisotopic (exact) mass is 926 g/mol. The molecule has 1 saturated carbocycles. The third kappa shape index (κ3) is 6.91. The van der Waals surface area contributed by atoms with Gasteiger partial charge in [-0.05, 0) is 140 Å². The maximum absolute atomic E-state index is 2.81. The summed E-state index contributed by atoms with van der Waals surface area (Å²) >= 11 is 0. The van der Waals surface area contributed by atoms with Crippen LogP contribution in [0.5, 0.6) is 0 Å². The summed E-state index contributed by atoms with van der Waals surface area (Å²) < 4.78 is 0. The van der Waals surface area contributed by atoms with Gasteiger partial charge in [0, 0.05) is 50.8 Å². The van der Waals surface area contributed by atoms with Crippen molar-refractivity contribution in [3.8, 4) is 11.1 Å². The van der Waals surface area contributed by atoms with Crippen molar-refractivity contribution in [2.45, 2.75) is 122 Å². The molecule has 4 aliphatic rings. The Morgan fingerprint density at radius 1 is 0.423 bits per heavy atom. The number of fused-ring (bicyclic) bond motifs is 7. The molecule has 354 valence electrons. The molecule has 3 heterocycles. The summed E-state index contributed by atoms with van der Waals surface area (Å²) in [4.78, 5) is 8.11. The lowest BCUT2D eigenvalue weighted by Crippen LogP contribution is -2.61. The Morgan fingerprint density at radius 2 is 1.00 bits per heavy atom. The van der Waals surface area contributed by atoms with Gasteiger partial charge in [-0.2, -0.15) is 0 Å². The molecular weight excluding hydrogens is 858 g/mol. The van der Waals surface area contributed by atoms with E-state index >= 15 is 0 Å². The highest BCUT2D eigenvalue weighted by atomic mass is 15.3. The SMILES string of the molecule is CC(C)(C)c1cccc(N2c3cc(C(C)(C)C)ccc3B3c4ccccc4N(c4ccc(C(C)(C)C)cc4-c4ccccc4)c4cc(N5c6ccccc6C6(c7ccccc7)CCCCC56C)cc2c43)c1. The predicted octanol–water partition coefficient (Wildman–Crippen LogP) is 16.1. The molecule has 4 heteroatoms. The van der Waals surface area contributed by atoms with Gasteiger partial charge in [-0.3, -0.25) is 0 Å². The van der Waals surface area contributed by atoms with Gasteiger partial charge < -0.3 is 14.7 Å². The minimum absolute atomic E-state index is 0.00105. The molecule has 0 N–H and O–H groups in total. The Labute approximate surface area is 424 Å². The molecule has 0 amide bonds. The number of anilines is 8. The average Bonchev–Trinajstić information content (AvgIpc) is 3.61. The highest BCUT2D eigenvalue weighted by molar-refractivity contribution is 7.00. The molecule has 3 aliphatic heterocycles. The highest BCUT2D eigenvalue weighted by Gasteiger charge is 2.61. The minimum Gasteiger partial charge on any atom is -0.334 e. The number of hydrogen-bond acceptors (Lipinski definition) is 3. The van der Waals surface area contributed by atoms with E-state index in [-0.39, 0.29) is 33.9 Å². The van der Waals surface area contributed by atoms with E-state index in [1.807, 2.05) is 0 Å². The van der Waals surface area contributed by atoms with Crippen LogP contribution in [-0.2, 0) is 21.7 Å². The second-order valence-corrected chi connectivity index (χ2v) is 24.3. The molecule has 0 radical (unpaired) electrons. The fraction of sp³-hybridized carbons (Fsp3) is 0.284. The first kappa shape index (κ1) is 45.4. The molecule has 0 spiro atoms. The quantitative estimate of drug-likeness (QED) is 0.159. The van der Waals surface area contributed by atoms with Crippen molar-refractivity contribution in [1.82, 2.24) is 0 Å². The molecule has 0 bridgehead atoms. The van der Waals surface area contributed by atoms with Crippen LogP contribution in [0.3, 0.4) is 0 Å². The fourth-order valence-corrected chi connectivity index (χ4v) is 13.3. The summed E-state index contributed by atoms with van der Waals surface area (Å²) in [6, 6.07) is 70.6. The molecule has 8 aromatic rings. The van der Waals surface area contributed by atoms with Gasteiger partial charge in [-0.1, -0.05) is 203 Å². The van der Waals surface area contributed by atoms with E-state index in [1.165, 1.54) is 114 Å². The van der Waals surface area contributed by atoms with Crippen LogP contribution in [0.1, 0.15) is 123 Å². The van der Waals surface area contributed by atoms with Crippen LogP contribution in [0, 0.1) is 0 Å². The highest BCUT2D eigenvalue weighted by Crippen LogP contribution is 2.64. The molecular formula is C67H68BN3. The van der Waals surface area contributed by atoms with Crippen LogP contribution in [0.2, 0.25) is 0 Å². The van der Waals surface area contributed by atoms with Crippen LogP contribution < -0.4 is 31.1 Å². The summed E-state index contributed by atoms with van der Waals surface area (Å²) in [6.45, 7) is 23.7. The van der Waals surface area contributed by atoms with E-state index in [0.717, 1.165) is 12.8 Å². The van der Waals surface area contributed by atoms with Gasteiger partial charge in [0.1, 0.15) is 0 Å². The van der Waals surface area contributed by atoms with Crippen molar-refractivity contribution < 1.29 is 0 Å². The van der Waals surface area contributed by atoms with Crippen LogP contribution >= 0.6 is 0 Å². The lowest BCUT2D eigenvalue weighted by molar-refractivity contribution is 0.215. The van der Waals surface area contributed by atoms with Crippen molar-refractivity contribution in [2.24, 2.45) is 0 Å². The summed E-state index contributed by atoms with van der Waals surface area (Å²) in [5, 5.41) is 0. The topological polar surface area (TPSA) is 9.72 Å². The zero-order valence-electron chi connectivity index (χ0n) is 43.6. The van der Waals surface area contributed by atoms with Crippen molar-refractivity contribution in [1.29, 1.82) is 0 Å². The van der Waals surface area contributed by atoms with E-state index in [1.54, 1.807) is 0 Å². The molecule has 3 nitrogen and oxygen atoms in total. The van der Waals surface area contributed by atoms with Crippen molar-refractivity contribution in [2.75, 3.05) is 14.7 Å². The van der Waals surface area contributed by atoms with E-state index in [0.29, 0.717) is 0 Å². The zero-order chi connectivity index (χ0) is 49.2. The van der Waals surface area contributed by atoms with Crippen molar-refractivity contribution >= 4 is 68.6 Å². The van der Waals surface area contributed by atoms with Gasteiger partial charge >= 0.3 is 0 Å². The Bertz CT molecular complexity index is 3370. The fourth-order valence-electron chi connectivity index (χ4n) is 13.3. The summed E-state index contributed by atoms with van der Waals surface area (Å²) in [5.41, 5.74) is 22.6. The Hall–Kier alpha value is -6.78. The maximum atomic E-state index is 2.81. The Balaban J connectivity index is 1.23. The zero-order valence-corrected chi connectivity index (χ0v) is 43.6. The molecule has 2 unspecified atom stereocenters. The van der Waals surface area contributed by atoms with Crippen LogP contribution in [-0.4, -0.2) is 12.3 Å². The molecule has 1 aliphatic carbocycles. The van der Waals surface area contributed by atoms with Gasteiger partial charge in [-0.15, -0.1) is 0 Å². The summed E-state index contributed by atoms with van der Waals surface area (Å²) in [5.74, 6) is 0. The molecule has 12 rings (SSSR count). The Kier molecular flexibility index (Phi) is 10.3. The third-order valence-corrected chi connectivity index (χ3v) is 17.0. The largest absolute Gasteiger partial charge is 0.334 e. The standard InChI is InChI=1S/C67H68BN3/c1-63(2,3)47-28-23-29-50(40-47)69-59-42-49(65(7,8)9)34-36-55(59)68-54-31-18-20-33-58(54)70(56-37-35-48(64(4,5)6)41-52(56)45-24-13-11-14-25-45)61-44-51(43-60(69)62(61)68)71-57-32-19-17-30-53(57)67(46-26-15-12-16-27-46)39-22-21-38-66(67,71)10/h11-20,23-37,40-44H,21-22,38-39H2,1-10H3. The van der Waals surface area contributed by atoms with Gasteiger partial charge in [0.25, 0.3) is 6.71 Å². The predicted molar refractivity (Wildman–Crippen MR) is 305 cm³/mol. The van der Waals surface area contributed by atoms with Crippen molar-refractivity contribution in [3.63, 3.8) is 0 Å². The molecule has 2 atom stereocenters. The molecule has 71 heavy (non-hydrogen) atoms. The number of nitrogens with zero attached hydrogens (tertiary/aromatic N) is 3. The first-order chi connectivity index (χ1) is 34.0. The van der Waals surface area contributed by atoms with E-state index in [2.05, 4.69) is 266 Å². The molecule has 8 aromatic carbocycles. The van der Waals surface area contributed by atoms with Crippen LogP contribution in [0.4, 0.5) is 45.5 Å². The van der Waals surface area contributed by atoms with E-state index in [4.69, 9.17) is 0 Å². The van der Waals surface area contributed by atoms with Crippen LogP contribution in [0.15, 0.2) is 182 Å². The maximum Gasteiger partial charge on any atom is 0.252 e. The van der Waals surface area contributed by atoms with Gasteiger partial charge in [-0.25, -0.2) is 0 Å². The molecule has 1 fully saturated rings. The van der Waals surface area contributed by atoms with Gasteiger partial charge in [0.05, 0.1) is 11.2 Å². The first-order valence-corrected chi connectivity index (χ1v) is 26.3. The smallest absolute Gasteiger partial charge is 0.252 e. The Morgan fingerprint density at radius 3 is 1.72 bits per heavy atom. The van der Waals surface area contributed by atoms with Gasteiger partial charge in [0.15, 0.2) is 0 Å². The number of rotatable bonds is 5. The second-order valence-electron chi connectivity index (χ2n) is 24.3. The summed E-state index contributed by atoms with van der Waals surface area (Å²) in [6.07, 6.45) is 4.57. The minimum atomic E-state index is -0.249. The number of hydrogen-bond donors (Lipinski definition) is 0. The van der Waals surface area contributed by atoms with Crippen LogP contribution in [0.25, 0.3) is 11.1 Å². The summed E-state index contributed by atoms with van der Waals surface area (Å²) in [7, 11) is 0. The third-order valence-electron chi connectivity index (χ3n) is 17.0. The van der Waals surface area contributed by atoms with Gasteiger partial charge in [0.2, 0.25) is 0 Å². The molecule has 0 aromatic heterocycles. The van der Waals surface area contributed by atoms with E-state index < -0.39 is 0 Å². The number of benzene rings is 8. The average molecular weight is 926 g/mol. The first-order valence-electron chi connectivity index (χ1n) is 26.3. The molecule has 0 saturated heterocycles. The second kappa shape index (κ2) is 16.1. The lowest BCUT2D eigenvalue weighted by Gasteiger charge is -2.53. The lowest BCUT2D eigenvalue weighted by atomic mass is 9.33.